The Morgan fingerprint density at radius 2 is 1.82 bits per heavy atom. The average Bonchev–Trinajstić information content (AvgIpc) is 2.99. The highest BCUT2D eigenvalue weighted by atomic mass is 19.1. The molecule has 1 heterocycles. The van der Waals surface area contributed by atoms with E-state index in [4.69, 9.17) is 0 Å². The molecule has 4 rings (SSSR count). The van der Waals surface area contributed by atoms with Crippen molar-refractivity contribution in [3.63, 3.8) is 0 Å². The summed E-state index contributed by atoms with van der Waals surface area (Å²) in [5.74, 6) is -1.74. The fourth-order valence-electron chi connectivity index (χ4n) is 3.97. The fourth-order valence-corrected chi connectivity index (χ4v) is 3.97. The fraction of sp³-hybridized carbons (Fsp3) is 0.318. The molecule has 0 unspecified atom stereocenters. The molecular formula is C22H21F3N2O. The van der Waals surface area contributed by atoms with E-state index in [1.807, 2.05) is 6.92 Å². The van der Waals surface area contributed by atoms with Gasteiger partial charge in [0.1, 0.15) is 17.5 Å². The summed E-state index contributed by atoms with van der Waals surface area (Å²) in [6, 6.07) is 8.07. The van der Waals surface area contributed by atoms with Gasteiger partial charge in [0.15, 0.2) is 0 Å². The van der Waals surface area contributed by atoms with Crippen LogP contribution in [0.25, 0.3) is 22.2 Å². The van der Waals surface area contributed by atoms with Crippen molar-refractivity contribution >= 4 is 16.8 Å². The van der Waals surface area contributed by atoms with Gasteiger partial charge in [-0.25, -0.2) is 13.2 Å². The van der Waals surface area contributed by atoms with Gasteiger partial charge in [-0.15, -0.1) is 0 Å². The van der Waals surface area contributed by atoms with Crippen LogP contribution in [0.15, 0.2) is 36.4 Å². The highest BCUT2D eigenvalue weighted by Gasteiger charge is 2.38. The van der Waals surface area contributed by atoms with Crippen LogP contribution < -0.4 is 5.32 Å². The molecular weight excluding hydrogens is 365 g/mol. The summed E-state index contributed by atoms with van der Waals surface area (Å²) in [5, 5.41) is 3.38. The number of fused-ring (bicyclic) bond motifs is 1. The zero-order valence-corrected chi connectivity index (χ0v) is 15.5. The molecule has 2 aromatic carbocycles. The third kappa shape index (κ3) is 3.28. The molecule has 0 radical (unpaired) electrons. The summed E-state index contributed by atoms with van der Waals surface area (Å²) >= 11 is 0. The predicted molar refractivity (Wildman–Crippen MR) is 102 cm³/mol. The minimum Gasteiger partial charge on any atom is -0.356 e. The summed E-state index contributed by atoms with van der Waals surface area (Å²) in [5.41, 5.74) is 2.37. The number of benzene rings is 2. The molecule has 1 saturated carbocycles. The van der Waals surface area contributed by atoms with Gasteiger partial charge in [-0.05, 0) is 66.6 Å². The second kappa shape index (κ2) is 7.34. The Bertz CT molecular complexity index is 1020. The molecule has 1 fully saturated rings. The van der Waals surface area contributed by atoms with E-state index in [1.54, 1.807) is 12.1 Å². The van der Waals surface area contributed by atoms with E-state index in [2.05, 4.69) is 10.3 Å². The van der Waals surface area contributed by atoms with E-state index in [0.717, 1.165) is 18.1 Å². The number of carbonyl (C=O) groups excluding carboxylic acids is 1. The van der Waals surface area contributed by atoms with Crippen LogP contribution in [0, 0.1) is 23.4 Å². The SMILES string of the molecule is CCCNC(=O)[C@H]1C[C@H](c2c(-c3ccc(F)cc3)[nH]c3c(F)cc(F)cc32)C1. The molecule has 28 heavy (non-hydrogen) atoms. The van der Waals surface area contributed by atoms with Crippen molar-refractivity contribution in [2.24, 2.45) is 5.92 Å². The molecule has 2 N–H and O–H groups in total. The molecule has 0 saturated heterocycles. The van der Waals surface area contributed by atoms with Crippen LogP contribution in [0.5, 0.6) is 0 Å². The van der Waals surface area contributed by atoms with Crippen molar-refractivity contribution in [1.82, 2.24) is 10.3 Å². The molecule has 0 aliphatic heterocycles. The van der Waals surface area contributed by atoms with Crippen LogP contribution in [0.4, 0.5) is 13.2 Å². The Labute approximate surface area is 161 Å². The van der Waals surface area contributed by atoms with Gasteiger partial charge in [0.25, 0.3) is 0 Å². The third-order valence-electron chi connectivity index (χ3n) is 5.46. The maximum absolute atomic E-state index is 14.4. The van der Waals surface area contributed by atoms with Gasteiger partial charge in [0.05, 0.1) is 11.2 Å². The second-order valence-corrected chi connectivity index (χ2v) is 7.39. The van der Waals surface area contributed by atoms with Gasteiger partial charge in [0, 0.05) is 23.9 Å². The molecule has 1 amide bonds. The summed E-state index contributed by atoms with van der Waals surface area (Å²) in [6.07, 6.45) is 2.11. The van der Waals surface area contributed by atoms with Gasteiger partial charge in [-0.3, -0.25) is 4.79 Å². The van der Waals surface area contributed by atoms with E-state index in [-0.39, 0.29) is 29.1 Å². The topological polar surface area (TPSA) is 44.9 Å². The Morgan fingerprint density at radius 3 is 2.50 bits per heavy atom. The number of amides is 1. The maximum Gasteiger partial charge on any atom is 0.223 e. The predicted octanol–water partition coefficient (Wildman–Crippen LogP) is 5.27. The van der Waals surface area contributed by atoms with Crippen molar-refractivity contribution in [3.05, 3.63) is 59.4 Å². The summed E-state index contributed by atoms with van der Waals surface area (Å²) in [6.45, 7) is 2.64. The summed E-state index contributed by atoms with van der Waals surface area (Å²) in [4.78, 5) is 15.2. The lowest BCUT2D eigenvalue weighted by Crippen LogP contribution is -2.38. The van der Waals surface area contributed by atoms with Crippen molar-refractivity contribution in [1.29, 1.82) is 0 Å². The summed E-state index contributed by atoms with van der Waals surface area (Å²) in [7, 11) is 0. The number of hydrogen-bond donors (Lipinski definition) is 2. The standard InChI is InChI=1S/C22H21F3N2O/c1-2-7-26-22(28)14-8-13(9-14)19-17-10-16(24)11-18(25)21(17)27-20(19)12-3-5-15(23)6-4-12/h3-6,10-11,13-14,27H,2,7-9H2,1H3,(H,26,28)/t13-,14-. The molecule has 3 aromatic rings. The Balaban J connectivity index is 1.73. The molecule has 0 spiro atoms. The highest BCUT2D eigenvalue weighted by Crippen LogP contribution is 2.48. The monoisotopic (exact) mass is 386 g/mol. The van der Waals surface area contributed by atoms with E-state index in [1.165, 1.54) is 18.2 Å². The lowest BCUT2D eigenvalue weighted by Gasteiger charge is -2.35. The highest BCUT2D eigenvalue weighted by molar-refractivity contribution is 5.92. The lowest BCUT2D eigenvalue weighted by molar-refractivity contribution is -0.127. The van der Waals surface area contributed by atoms with Gasteiger partial charge >= 0.3 is 0 Å². The number of aromatic amines is 1. The van der Waals surface area contributed by atoms with Crippen LogP contribution in [0.1, 0.15) is 37.7 Å². The number of aromatic nitrogens is 1. The van der Waals surface area contributed by atoms with E-state index < -0.39 is 11.6 Å². The number of H-pyrrole nitrogens is 1. The zero-order valence-electron chi connectivity index (χ0n) is 15.5. The first-order valence-electron chi connectivity index (χ1n) is 9.52. The van der Waals surface area contributed by atoms with Crippen molar-refractivity contribution in [3.8, 4) is 11.3 Å². The minimum absolute atomic E-state index is 0.00683. The largest absolute Gasteiger partial charge is 0.356 e. The van der Waals surface area contributed by atoms with Crippen LogP contribution in [0.2, 0.25) is 0 Å². The van der Waals surface area contributed by atoms with E-state index in [9.17, 15) is 18.0 Å². The number of rotatable bonds is 5. The summed E-state index contributed by atoms with van der Waals surface area (Å²) < 4.78 is 41.6. The Kier molecular flexibility index (Phi) is 4.87. The van der Waals surface area contributed by atoms with Crippen LogP contribution >= 0.6 is 0 Å². The second-order valence-electron chi connectivity index (χ2n) is 7.39. The first kappa shape index (κ1) is 18.6. The lowest BCUT2D eigenvalue weighted by atomic mass is 9.70. The quantitative estimate of drug-likeness (QED) is 0.616. The Morgan fingerprint density at radius 1 is 1.11 bits per heavy atom. The van der Waals surface area contributed by atoms with E-state index >= 15 is 0 Å². The van der Waals surface area contributed by atoms with Crippen molar-refractivity contribution in [2.45, 2.75) is 32.1 Å². The molecule has 146 valence electrons. The molecule has 3 nitrogen and oxygen atoms in total. The van der Waals surface area contributed by atoms with Crippen LogP contribution in [-0.4, -0.2) is 17.4 Å². The normalized spacial score (nSPS) is 18.9. The van der Waals surface area contributed by atoms with Crippen molar-refractivity contribution in [2.75, 3.05) is 6.54 Å². The smallest absolute Gasteiger partial charge is 0.223 e. The molecule has 1 aliphatic carbocycles. The van der Waals surface area contributed by atoms with E-state index in [0.29, 0.717) is 36.0 Å². The van der Waals surface area contributed by atoms with Gasteiger partial charge in [-0.1, -0.05) is 6.92 Å². The first-order chi connectivity index (χ1) is 13.5. The van der Waals surface area contributed by atoms with Gasteiger partial charge in [0.2, 0.25) is 5.91 Å². The molecule has 6 heteroatoms. The number of carbonyl (C=O) groups is 1. The first-order valence-corrected chi connectivity index (χ1v) is 9.52. The number of halogens is 3. The maximum atomic E-state index is 14.4. The molecule has 1 aromatic heterocycles. The van der Waals surface area contributed by atoms with Crippen LogP contribution in [-0.2, 0) is 4.79 Å². The minimum atomic E-state index is -0.666. The molecule has 0 atom stereocenters. The number of nitrogens with one attached hydrogen (secondary N) is 2. The third-order valence-corrected chi connectivity index (χ3v) is 5.46. The van der Waals surface area contributed by atoms with Gasteiger partial charge in [-0.2, -0.15) is 0 Å². The van der Waals surface area contributed by atoms with Crippen LogP contribution in [0.3, 0.4) is 0 Å². The zero-order chi connectivity index (χ0) is 19.8. The Hall–Kier alpha value is -2.76. The number of hydrogen-bond acceptors (Lipinski definition) is 1. The van der Waals surface area contributed by atoms with Gasteiger partial charge < -0.3 is 10.3 Å². The molecule has 0 bridgehead atoms. The molecule has 1 aliphatic rings. The van der Waals surface area contributed by atoms with Crippen molar-refractivity contribution < 1.29 is 18.0 Å². The average molecular weight is 386 g/mol.